The number of unbranched alkanes of at least 4 members (excludes halogenated alkanes) is 15. The van der Waals surface area contributed by atoms with Gasteiger partial charge in [0.05, 0.1) is 152 Å². The highest BCUT2D eigenvalue weighted by Crippen LogP contribution is 2.13. The molecule has 55 heavy (non-hydrogen) atoms. The van der Waals surface area contributed by atoms with Crippen LogP contribution in [-0.4, -0.2) is 159 Å². The van der Waals surface area contributed by atoms with Crippen molar-refractivity contribution in [2.45, 2.75) is 110 Å². The Morgan fingerprint density at radius 2 is 0.418 bits per heavy atom. The summed E-state index contributed by atoms with van der Waals surface area (Å²) in [7, 11) is 0. The lowest BCUT2D eigenvalue weighted by atomic mass is 10.0. The van der Waals surface area contributed by atoms with Gasteiger partial charge in [0.25, 0.3) is 0 Å². The summed E-state index contributed by atoms with van der Waals surface area (Å²) in [6.07, 6.45) is 23.9. The van der Waals surface area contributed by atoms with E-state index in [1.807, 2.05) is 0 Å². The maximum atomic E-state index is 5.70. The van der Waals surface area contributed by atoms with Gasteiger partial charge in [0.2, 0.25) is 0 Å². The number of hydrogen-bond acceptors (Lipinski definition) is 12. The van der Waals surface area contributed by atoms with Crippen molar-refractivity contribution in [3.8, 4) is 0 Å². The van der Waals surface area contributed by atoms with Crippen LogP contribution in [0.4, 0.5) is 0 Å². The lowest BCUT2D eigenvalue weighted by Gasteiger charge is -2.09. The summed E-state index contributed by atoms with van der Waals surface area (Å²) in [5, 5.41) is 0. The first kappa shape index (κ1) is 54.3. The standard InChI is InChI=1S/C43H86O12/c1-3-5-6-7-8-9-10-11-12-13-14-15-16-17-18-19-21-45-23-25-47-27-29-49-31-33-51-35-37-53-39-41-55-43-42-54-40-38-52-36-34-50-32-30-48-28-26-46-24-22-44-20-4-2/h4H,2-3,5-43H2,1H3. The lowest BCUT2D eigenvalue weighted by Crippen LogP contribution is -2.15. The minimum absolute atomic E-state index is 0.518. The first-order chi connectivity index (χ1) is 27.4. The third-order valence-corrected chi connectivity index (χ3v) is 8.47. The van der Waals surface area contributed by atoms with Crippen molar-refractivity contribution in [1.82, 2.24) is 0 Å². The van der Waals surface area contributed by atoms with Gasteiger partial charge in [-0.2, -0.15) is 0 Å². The monoisotopic (exact) mass is 795 g/mol. The van der Waals surface area contributed by atoms with E-state index in [0.717, 1.165) is 13.0 Å². The van der Waals surface area contributed by atoms with E-state index in [2.05, 4.69) is 13.5 Å². The van der Waals surface area contributed by atoms with E-state index in [0.29, 0.717) is 152 Å². The fourth-order valence-electron chi connectivity index (χ4n) is 5.34. The minimum atomic E-state index is 0.518. The van der Waals surface area contributed by atoms with E-state index >= 15 is 0 Å². The normalized spacial score (nSPS) is 11.6. The maximum absolute atomic E-state index is 5.70. The summed E-state index contributed by atoms with van der Waals surface area (Å²) in [5.74, 6) is 0. The Morgan fingerprint density at radius 3 is 0.636 bits per heavy atom. The molecule has 0 saturated carbocycles. The van der Waals surface area contributed by atoms with Gasteiger partial charge in [0.15, 0.2) is 0 Å². The summed E-state index contributed by atoms with van der Waals surface area (Å²) < 4.78 is 65.9. The molecule has 12 heteroatoms. The molecule has 0 fully saturated rings. The molecule has 0 aliphatic heterocycles. The zero-order valence-electron chi connectivity index (χ0n) is 35.5. The molecule has 0 saturated heterocycles. The molecule has 0 heterocycles. The summed E-state index contributed by atoms with van der Waals surface area (Å²) in [6, 6.07) is 0. The molecule has 0 aliphatic carbocycles. The predicted molar refractivity (Wildman–Crippen MR) is 220 cm³/mol. The zero-order valence-corrected chi connectivity index (χ0v) is 35.5. The van der Waals surface area contributed by atoms with Gasteiger partial charge >= 0.3 is 0 Å². The topological polar surface area (TPSA) is 111 Å². The van der Waals surface area contributed by atoms with Crippen LogP contribution in [-0.2, 0) is 56.8 Å². The molecular formula is C43H86O12. The first-order valence-corrected chi connectivity index (χ1v) is 22.0. The van der Waals surface area contributed by atoms with E-state index in [-0.39, 0.29) is 0 Å². The Hall–Kier alpha value is -0.740. The van der Waals surface area contributed by atoms with Gasteiger partial charge in [0.1, 0.15) is 0 Å². The van der Waals surface area contributed by atoms with Crippen LogP contribution in [0.5, 0.6) is 0 Å². The van der Waals surface area contributed by atoms with Crippen LogP contribution in [0.1, 0.15) is 110 Å². The van der Waals surface area contributed by atoms with Gasteiger partial charge in [-0.25, -0.2) is 0 Å². The summed E-state index contributed by atoms with van der Waals surface area (Å²) in [6.45, 7) is 19.2. The molecule has 0 N–H and O–H groups in total. The van der Waals surface area contributed by atoms with E-state index < -0.39 is 0 Å². The molecule has 0 unspecified atom stereocenters. The average Bonchev–Trinajstić information content (AvgIpc) is 3.20. The smallest absolute Gasteiger partial charge is 0.0704 e. The zero-order chi connectivity index (χ0) is 39.5. The van der Waals surface area contributed by atoms with E-state index in [1.165, 1.54) is 96.3 Å². The van der Waals surface area contributed by atoms with Crippen molar-refractivity contribution in [2.75, 3.05) is 159 Å². The summed E-state index contributed by atoms with van der Waals surface area (Å²) >= 11 is 0. The Labute approximate surface area is 337 Å². The molecule has 0 bridgehead atoms. The molecule has 0 amide bonds. The van der Waals surface area contributed by atoms with Crippen molar-refractivity contribution in [3.63, 3.8) is 0 Å². The molecular weight excluding hydrogens is 708 g/mol. The maximum Gasteiger partial charge on any atom is 0.0704 e. The van der Waals surface area contributed by atoms with Gasteiger partial charge < -0.3 is 56.8 Å². The molecule has 0 atom stereocenters. The second kappa shape index (κ2) is 53.3. The molecule has 12 nitrogen and oxygen atoms in total. The van der Waals surface area contributed by atoms with Crippen LogP contribution < -0.4 is 0 Å². The van der Waals surface area contributed by atoms with Crippen LogP contribution in [0, 0.1) is 0 Å². The average molecular weight is 795 g/mol. The fourth-order valence-corrected chi connectivity index (χ4v) is 5.34. The molecule has 0 radical (unpaired) electrons. The fraction of sp³-hybridized carbons (Fsp3) is 0.953. The summed E-state index contributed by atoms with van der Waals surface area (Å²) in [4.78, 5) is 0. The Bertz CT molecular complexity index is 676. The Morgan fingerprint density at radius 1 is 0.236 bits per heavy atom. The largest absolute Gasteiger partial charge is 0.379 e. The Kier molecular flexibility index (Phi) is 52.5. The highest BCUT2D eigenvalue weighted by molar-refractivity contribution is 4.63. The van der Waals surface area contributed by atoms with Gasteiger partial charge in [-0.05, 0) is 6.42 Å². The summed E-state index contributed by atoms with van der Waals surface area (Å²) in [5.41, 5.74) is 0. The van der Waals surface area contributed by atoms with Crippen molar-refractivity contribution < 1.29 is 56.8 Å². The van der Waals surface area contributed by atoms with Crippen LogP contribution in [0.2, 0.25) is 0 Å². The molecule has 0 aromatic rings. The third kappa shape index (κ3) is 53.3. The van der Waals surface area contributed by atoms with Crippen molar-refractivity contribution in [1.29, 1.82) is 0 Å². The molecule has 330 valence electrons. The predicted octanol–water partition coefficient (Wildman–Crippen LogP) is 7.63. The number of rotatable bonds is 52. The molecule has 0 aromatic heterocycles. The van der Waals surface area contributed by atoms with Gasteiger partial charge in [-0.3, -0.25) is 0 Å². The molecule has 0 rings (SSSR count). The van der Waals surface area contributed by atoms with E-state index in [4.69, 9.17) is 56.8 Å². The highest BCUT2D eigenvalue weighted by Gasteiger charge is 1.98. The van der Waals surface area contributed by atoms with Gasteiger partial charge in [-0.15, -0.1) is 6.58 Å². The van der Waals surface area contributed by atoms with Crippen LogP contribution in [0.25, 0.3) is 0 Å². The lowest BCUT2D eigenvalue weighted by molar-refractivity contribution is -0.0282. The second-order valence-corrected chi connectivity index (χ2v) is 13.4. The molecule has 0 aliphatic rings. The highest BCUT2D eigenvalue weighted by atomic mass is 16.6. The van der Waals surface area contributed by atoms with Crippen molar-refractivity contribution in [3.05, 3.63) is 12.7 Å². The van der Waals surface area contributed by atoms with Crippen molar-refractivity contribution in [2.24, 2.45) is 0 Å². The van der Waals surface area contributed by atoms with E-state index in [1.54, 1.807) is 6.08 Å². The van der Waals surface area contributed by atoms with Crippen LogP contribution >= 0.6 is 0 Å². The van der Waals surface area contributed by atoms with Crippen LogP contribution in [0.3, 0.4) is 0 Å². The minimum Gasteiger partial charge on any atom is -0.379 e. The number of ether oxygens (including phenoxy) is 12. The van der Waals surface area contributed by atoms with Gasteiger partial charge in [0, 0.05) is 6.61 Å². The van der Waals surface area contributed by atoms with Gasteiger partial charge in [-0.1, -0.05) is 109 Å². The Balaban J connectivity index is 3.05. The number of hydrogen-bond donors (Lipinski definition) is 0. The third-order valence-electron chi connectivity index (χ3n) is 8.47. The second-order valence-electron chi connectivity index (χ2n) is 13.4. The molecule has 0 aromatic carbocycles. The van der Waals surface area contributed by atoms with Crippen molar-refractivity contribution >= 4 is 0 Å². The van der Waals surface area contributed by atoms with Crippen LogP contribution in [0.15, 0.2) is 12.7 Å². The molecule has 0 spiro atoms. The SMILES string of the molecule is C=CCOCCOCCOCCOCCOCCOCCOCCOCCOCCOCCOCCOCCCCCCCCCCCCCCCCCC. The van der Waals surface area contributed by atoms with E-state index in [9.17, 15) is 0 Å². The first-order valence-electron chi connectivity index (χ1n) is 22.0. The quantitative estimate of drug-likeness (QED) is 0.0446.